The van der Waals surface area contributed by atoms with Crippen molar-refractivity contribution >= 4 is 34.5 Å². The summed E-state index contributed by atoms with van der Waals surface area (Å²) in [6.45, 7) is 0.404. The van der Waals surface area contributed by atoms with Crippen LogP contribution in [0.2, 0.25) is 0 Å². The van der Waals surface area contributed by atoms with E-state index in [9.17, 15) is 19.2 Å². The first-order chi connectivity index (χ1) is 18.4. The number of hydrogen-bond donors (Lipinski definition) is 4. The van der Waals surface area contributed by atoms with Gasteiger partial charge in [-0.05, 0) is 62.1 Å². The van der Waals surface area contributed by atoms with Crippen LogP contribution in [0.15, 0.2) is 53.3 Å². The van der Waals surface area contributed by atoms with Crippen molar-refractivity contribution in [2.45, 2.75) is 44.6 Å². The summed E-state index contributed by atoms with van der Waals surface area (Å²) in [5.41, 5.74) is 1.03. The Morgan fingerprint density at radius 2 is 1.76 bits per heavy atom. The summed E-state index contributed by atoms with van der Waals surface area (Å²) < 4.78 is 9.91. The summed E-state index contributed by atoms with van der Waals surface area (Å²) in [5, 5.41) is 8.73. The van der Waals surface area contributed by atoms with Gasteiger partial charge in [-0.1, -0.05) is 12.1 Å². The number of methoxy groups -OCH3 is 2. The van der Waals surface area contributed by atoms with Crippen molar-refractivity contribution in [3.05, 3.63) is 64.7 Å². The number of aryl methyl sites for hydroxylation is 1. The van der Waals surface area contributed by atoms with Crippen LogP contribution >= 0.6 is 0 Å². The Balaban J connectivity index is 1.37. The van der Waals surface area contributed by atoms with Crippen LogP contribution in [-0.2, 0) is 20.7 Å². The van der Waals surface area contributed by atoms with E-state index >= 15 is 0 Å². The number of nitrogens with one attached hydrogen (secondary N) is 4. The number of nitrogens with zero attached hydrogens (tertiary/aromatic N) is 1. The highest BCUT2D eigenvalue weighted by Gasteiger charge is 2.21. The molecule has 0 fully saturated rings. The van der Waals surface area contributed by atoms with E-state index in [1.54, 1.807) is 49.6 Å². The Morgan fingerprint density at radius 1 is 1.00 bits per heavy atom. The number of ether oxygens (including phenoxy) is 2. The highest BCUT2D eigenvalue weighted by atomic mass is 16.5. The molecule has 38 heavy (non-hydrogen) atoms. The molecule has 0 saturated heterocycles. The molecule has 3 aromatic rings. The predicted molar refractivity (Wildman–Crippen MR) is 143 cm³/mol. The zero-order valence-electron chi connectivity index (χ0n) is 21.5. The summed E-state index contributed by atoms with van der Waals surface area (Å²) in [4.78, 5) is 56.0. The van der Waals surface area contributed by atoms with Crippen molar-refractivity contribution in [1.29, 1.82) is 0 Å². The molecule has 0 radical (unpaired) electrons. The van der Waals surface area contributed by atoms with Gasteiger partial charge in [-0.25, -0.2) is 14.6 Å². The van der Waals surface area contributed by atoms with E-state index in [0.29, 0.717) is 66.8 Å². The zero-order valence-corrected chi connectivity index (χ0v) is 21.5. The van der Waals surface area contributed by atoms with E-state index in [4.69, 9.17) is 9.47 Å². The Bertz CT molecular complexity index is 1290. The zero-order chi connectivity index (χ0) is 27.3. The molecule has 202 valence electrons. The van der Waals surface area contributed by atoms with Gasteiger partial charge < -0.3 is 30.4 Å². The number of amides is 3. The van der Waals surface area contributed by atoms with Crippen LogP contribution < -0.4 is 26.2 Å². The smallest absolute Gasteiger partial charge is 0.328 e. The average Bonchev–Trinajstić information content (AvgIpc) is 2.92. The summed E-state index contributed by atoms with van der Waals surface area (Å²) >= 11 is 0. The Morgan fingerprint density at radius 3 is 2.50 bits per heavy atom. The lowest BCUT2D eigenvalue weighted by atomic mass is 10.1. The third-order valence-corrected chi connectivity index (χ3v) is 5.85. The molecule has 1 atom stereocenters. The largest absolute Gasteiger partial charge is 0.497 e. The van der Waals surface area contributed by atoms with Crippen molar-refractivity contribution in [1.82, 2.24) is 20.6 Å². The average molecular weight is 524 g/mol. The minimum Gasteiger partial charge on any atom is -0.497 e. The molecule has 11 heteroatoms. The normalized spacial score (nSPS) is 11.4. The number of aromatic amines is 1. The van der Waals surface area contributed by atoms with Gasteiger partial charge in [-0.3, -0.25) is 9.59 Å². The number of unbranched alkanes of at least 4 members (excludes halogenated alkanes) is 1. The third-order valence-electron chi connectivity index (χ3n) is 5.85. The molecule has 3 rings (SSSR count). The Labute approximate surface area is 220 Å². The van der Waals surface area contributed by atoms with Gasteiger partial charge in [0.2, 0.25) is 5.91 Å². The summed E-state index contributed by atoms with van der Waals surface area (Å²) in [7, 11) is 2.84. The van der Waals surface area contributed by atoms with Gasteiger partial charge in [0.05, 0.1) is 25.1 Å². The summed E-state index contributed by atoms with van der Waals surface area (Å²) in [6.07, 6.45) is 2.61. The van der Waals surface area contributed by atoms with Gasteiger partial charge >= 0.3 is 12.0 Å². The van der Waals surface area contributed by atoms with Crippen molar-refractivity contribution in [3.8, 4) is 5.75 Å². The number of carbonyl (C=O) groups is 3. The number of H-pyrrole nitrogens is 1. The minimum atomic E-state index is -0.778. The maximum atomic E-state index is 12.5. The van der Waals surface area contributed by atoms with Gasteiger partial charge in [0.15, 0.2) is 0 Å². The second kappa shape index (κ2) is 14.4. The molecule has 0 aliphatic carbocycles. The molecule has 1 heterocycles. The van der Waals surface area contributed by atoms with Crippen LogP contribution in [0.3, 0.4) is 0 Å². The maximum absolute atomic E-state index is 12.5. The molecule has 3 amide bonds. The Kier molecular flexibility index (Phi) is 10.6. The number of urea groups is 1. The SMILES string of the molecule is COC(=O)[C@H](CCCCNC(=O)Nc1ccc(OC)cc1)NC(=O)CCCc1nc2ccccc2c(=O)[nH]1. The monoisotopic (exact) mass is 523 g/mol. The fourth-order valence-corrected chi connectivity index (χ4v) is 3.85. The standard InChI is InChI=1S/C27H33N5O6/c1-37-19-15-13-18(14-16-19)29-27(36)28-17-6-5-10-22(26(35)38-2)31-24(33)12-7-11-23-30-21-9-4-3-8-20(21)25(34)32-23/h3-4,8-9,13-16,22H,5-7,10-12,17H2,1-2H3,(H,31,33)(H2,28,29,36)(H,30,32,34)/t22-/m0/s1. The predicted octanol–water partition coefficient (Wildman–Crippen LogP) is 2.90. The van der Waals surface area contributed by atoms with E-state index in [1.807, 2.05) is 6.07 Å². The van der Waals surface area contributed by atoms with Gasteiger partial charge in [0.25, 0.3) is 5.56 Å². The van der Waals surface area contributed by atoms with Crippen LogP contribution in [0, 0.1) is 0 Å². The number of para-hydroxylation sites is 1. The molecule has 0 spiro atoms. The summed E-state index contributed by atoms with van der Waals surface area (Å²) in [6, 6.07) is 12.9. The van der Waals surface area contributed by atoms with Crippen LogP contribution in [0.4, 0.5) is 10.5 Å². The van der Waals surface area contributed by atoms with E-state index in [1.165, 1.54) is 7.11 Å². The van der Waals surface area contributed by atoms with E-state index in [2.05, 4.69) is 25.9 Å². The molecule has 1 aromatic heterocycles. The van der Waals surface area contributed by atoms with E-state index < -0.39 is 12.0 Å². The third kappa shape index (κ3) is 8.61. The van der Waals surface area contributed by atoms with E-state index in [-0.39, 0.29) is 23.9 Å². The minimum absolute atomic E-state index is 0.164. The second-order valence-electron chi connectivity index (χ2n) is 8.63. The van der Waals surface area contributed by atoms with Crippen LogP contribution in [0.1, 0.15) is 37.9 Å². The molecular formula is C27H33N5O6. The fraction of sp³-hybridized carbons (Fsp3) is 0.370. The van der Waals surface area contributed by atoms with Crippen LogP contribution in [-0.4, -0.2) is 54.7 Å². The first-order valence-corrected chi connectivity index (χ1v) is 12.4. The van der Waals surface area contributed by atoms with Gasteiger partial charge in [0, 0.05) is 25.1 Å². The fourth-order valence-electron chi connectivity index (χ4n) is 3.85. The topological polar surface area (TPSA) is 152 Å². The first kappa shape index (κ1) is 28.2. The molecule has 0 bridgehead atoms. The van der Waals surface area contributed by atoms with E-state index in [0.717, 1.165) is 0 Å². The number of hydrogen-bond acceptors (Lipinski definition) is 7. The number of aromatic nitrogens is 2. The second-order valence-corrected chi connectivity index (χ2v) is 8.63. The molecule has 0 aliphatic heterocycles. The number of rotatable bonds is 13. The number of esters is 1. The molecule has 4 N–H and O–H groups in total. The number of carbonyl (C=O) groups excluding carboxylic acids is 3. The maximum Gasteiger partial charge on any atom is 0.328 e. The lowest BCUT2D eigenvalue weighted by Crippen LogP contribution is -2.41. The number of anilines is 1. The quantitative estimate of drug-likeness (QED) is 0.199. The lowest BCUT2D eigenvalue weighted by Gasteiger charge is -2.16. The Hall–Kier alpha value is -4.41. The highest BCUT2D eigenvalue weighted by Crippen LogP contribution is 2.14. The molecule has 2 aromatic carbocycles. The first-order valence-electron chi connectivity index (χ1n) is 12.4. The van der Waals surface area contributed by atoms with Gasteiger partial charge in [0.1, 0.15) is 17.6 Å². The van der Waals surface area contributed by atoms with Crippen LogP contribution in [0.25, 0.3) is 10.9 Å². The van der Waals surface area contributed by atoms with Crippen LogP contribution in [0.5, 0.6) is 5.75 Å². The summed E-state index contributed by atoms with van der Waals surface area (Å²) in [5.74, 6) is 0.389. The molecule has 11 nitrogen and oxygen atoms in total. The molecule has 0 saturated carbocycles. The molecule has 0 unspecified atom stereocenters. The number of fused-ring (bicyclic) bond motifs is 1. The molecular weight excluding hydrogens is 490 g/mol. The molecule has 0 aliphatic rings. The van der Waals surface area contributed by atoms with Gasteiger partial charge in [-0.15, -0.1) is 0 Å². The lowest BCUT2D eigenvalue weighted by molar-refractivity contribution is -0.145. The highest BCUT2D eigenvalue weighted by molar-refractivity contribution is 5.89. The van der Waals surface area contributed by atoms with Crippen molar-refractivity contribution in [2.24, 2.45) is 0 Å². The van der Waals surface area contributed by atoms with Crippen molar-refractivity contribution in [3.63, 3.8) is 0 Å². The number of benzene rings is 2. The van der Waals surface area contributed by atoms with Crippen molar-refractivity contribution in [2.75, 3.05) is 26.1 Å². The van der Waals surface area contributed by atoms with Crippen molar-refractivity contribution < 1.29 is 23.9 Å². The van der Waals surface area contributed by atoms with Gasteiger partial charge in [-0.2, -0.15) is 0 Å².